The molecule has 7 atom stereocenters. The molecule has 220 valence electrons. The predicted octanol–water partition coefficient (Wildman–Crippen LogP) is 0.744. The first-order valence-corrected chi connectivity index (χ1v) is 14.6. The highest BCUT2D eigenvalue weighted by atomic mass is 31.2. The van der Waals surface area contributed by atoms with E-state index < -0.39 is 56.8 Å². The third kappa shape index (κ3) is 6.70. The molecule has 4 heterocycles. The molecule has 1 aromatic carbocycles. The number of hydrogen-bond donors (Lipinski definition) is 7. The Hall–Kier alpha value is -3.50. The monoisotopic (exact) mass is 591 g/mol. The lowest BCUT2D eigenvalue weighted by Gasteiger charge is -2.29. The summed E-state index contributed by atoms with van der Waals surface area (Å²) in [5.74, 6) is -1.27. The largest absolute Gasteiger partial charge is 0.480 e. The number of benzene rings is 1. The van der Waals surface area contributed by atoms with E-state index in [2.05, 4.69) is 30.9 Å². The number of carboxylic acid groups (broad SMARTS) is 1. The van der Waals surface area contributed by atoms with Crippen molar-refractivity contribution in [3.8, 4) is 0 Å². The molecule has 7 N–H and O–H groups in total. The first kappa shape index (κ1) is 29.0. The summed E-state index contributed by atoms with van der Waals surface area (Å²) < 4.78 is 25.1. The van der Waals surface area contributed by atoms with Gasteiger partial charge in [-0.05, 0) is 37.4 Å². The zero-order chi connectivity index (χ0) is 29.1. The minimum Gasteiger partial charge on any atom is -0.480 e. The lowest BCUT2D eigenvalue weighted by Crippen LogP contribution is -2.44. The van der Waals surface area contributed by atoms with Gasteiger partial charge in [0.05, 0.1) is 19.1 Å². The zero-order valence-corrected chi connectivity index (χ0v) is 22.5. The highest BCUT2D eigenvalue weighted by Gasteiger charge is 2.45. The Morgan fingerprint density at radius 2 is 1.93 bits per heavy atom. The molecule has 5 rings (SSSR count). The molecule has 0 saturated carbocycles. The van der Waals surface area contributed by atoms with Gasteiger partial charge in [0.2, 0.25) is 0 Å². The average molecular weight is 592 g/mol. The van der Waals surface area contributed by atoms with Crippen LogP contribution in [0.5, 0.6) is 0 Å². The number of piperidine rings is 1. The van der Waals surface area contributed by atoms with Gasteiger partial charge in [0, 0.05) is 5.69 Å². The fourth-order valence-electron chi connectivity index (χ4n) is 4.94. The summed E-state index contributed by atoms with van der Waals surface area (Å²) in [6, 6.07) is 7.41. The molecule has 17 heteroatoms. The molecule has 0 bridgehead atoms. The predicted molar refractivity (Wildman–Crippen MR) is 143 cm³/mol. The summed E-state index contributed by atoms with van der Waals surface area (Å²) in [6.45, 7) is -0.0960. The maximum absolute atomic E-state index is 12.7. The molecule has 2 saturated heterocycles. The van der Waals surface area contributed by atoms with E-state index >= 15 is 0 Å². The third-order valence-electron chi connectivity index (χ3n) is 6.97. The standard InChI is InChI=1S/C24H30N7O9P/c32-18-16(9-39-41(37,38)10-13-6-7-25-15(8-13)23(34)35)40-22(19(18)33)31-12-28-17-20(26-11-27-21(17)31)30-24(36)29-14-4-2-1-3-5-14/h1-5,11-13,15-16,18-19,22,25,32-33H,6-10H2,(H,34,35)(H,37,38)(H2,26,27,29,30,36)/t13?,15?,16-,18?,19+,22-/m1/s1. The lowest BCUT2D eigenvalue weighted by molar-refractivity contribution is -0.140. The van der Waals surface area contributed by atoms with Crippen molar-refractivity contribution in [1.82, 2.24) is 24.8 Å². The molecular formula is C24H30N7O9P. The molecular weight excluding hydrogens is 561 g/mol. The Bertz CT molecular complexity index is 1440. The molecule has 0 radical (unpaired) electrons. The quantitative estimate of drug-likeness (QED) is 0.171. The number of aromatic nitrogens is 4. The Morgan fingerprint density at radius 3 is 2.68 bits per heavy atom. The van der Waals surface area contributed by atoms with Gasteiger partial charge in [-0.1, -0.05) is 18.2 Å². The van der Waals surface area contributed by atoms with Crippen molar-refractivity contribution in [2.45, 2.75) is 43.4 Å². The van der Waals surface area contributed by atoms with Crippen LogP contribution < -0.4 is 16.0 Å². The van der Waals surface area contributed by atoms with Gasteiger partial charge >= 0.3 is 19.6 Å². The molecule has 3 aromatic rings. The van der Waals surface area contributed by atoms with E-state index in [9.17, 15) is 34.4 Å². The molecule has 2 aliphatic rings. The average Bonchev–Trinajstić information content (AvgIpc) is 3.49. The molecule has 16 nitrogen and oxygen atoms in total. The number of carboxylic acids is 1. The van der Waals surface area contributed by atoms with Gasteiger partial charge in [-0.3, -0.25) is 19.2 Å². The van der Waals surface area contributed by atoms with Gasteiger partial charge < -0.3 is 40.1 Å². The fraction of sp³-hybridized carbons (Fsp3) is 0.458. The minimum atomic E-state index is -4.16. The van der Waals surface area contributed by atoms with Gasteiger partial charge in [-0.25, -0.2) is 19.7 Å². The smallest absolute Gasteiger partial charge is 0.328 e. The molecule has 2 aromatic heterocycles. The number of urea groups is 1. The molecule has 41 heavy (non-hydrogen) atoms. The van der Waals surface area contributed by atoms with Gasteiger partial charge in [0.15, 0.2) is 23.2 Å². The number of anilines is 2. The van der Waals surface area contributed by atoms with E-state index in [1.165, 1.54) is 17.2 Å². The second-order valence-corrected chi connectivity index (χ2v) is 11.8. The second kappa shape index (κ2) is 12.2. The number of rotatable bonds is 9. The highest BCUT2D eigenvalue weighted by Crippen LogP contribution is 2.46. The van der Waals surface area contributed by atoms with Crippen LogP contribution in [-0.2, 0) is 18.6 Å². The van der Waals surface area contributed by atoms with E-state index in [0.29, 0.717) is 18.7 Å². The van der Waals surface area contributed by atoms with Crippen molar-refractivity contribution in [2.75, 3.05) is 29.9 Å². The number of ether oxygens (including phenoxy) is 1. The Kier molecular flexibility index (Phi) is 8.60. The molecule has 4 unspecified atom stereocenters. The number of para-hydroxylation sites is 1. The topological polar surface area (TPSA) is 230 Å². The van der Waals surface area contributed by atoms with Gasteiger partial charge in [-0.15, -0.1) is 0 Å². The summed E-state index contributed by atoms with van der Waals surface area (Å²) in [5.41, 5.74) is 0.958. The van der Waals surface area contributed by atoms with Crippen LogP contribution in [0, 0.1) is 5.92 Å². The van der Waals surface area contributed by atoms with E-state index in [1.54, 1.807) is 24.3 Å². The SMILES string of the molecule is O=C(Nc1ccccc1)Nc1ncnc2c1ncn2[C@@H]1O[C@H](COP(=O)(O)CC2CCNC(C(=O)O)C2)C(O)[C@@H]1O. The van der Waals surface area contributed by atoms with Crippen LogP contribution in [0.25, 0.3) is 11.2 Å². The van der Waals surface area contributed by atoms with Gasteiger partial charge in [0.25, 0.3) is 0 Å². The van der Waals surface area contributed by atoms with Crippen molar-refractivity contribution < 1.29 is 43.6 Å². The summed E-state index contributed by atoms with van der Waals surface area (Å²) in [6.07, 6.45) is -2.33. The summed E-state index contributed by atoms with van der Waals surface area (Å²) >= 11 is 0. The number of aliphatic carboxylic acids is 1. The number of nitrogens with zero attached hydrogens (tertiary/aromatic N) is 4. The van der Waals surface area contributed by atoms with E-state index in [0.717, 1.165) is 0 Å². The van der Waals surface area contributed by atoms with Gasteiger partial charge in [0.1, 0.15) is 30.7 Å². The van der Waals surface area contributed by atoms with Crippen molar-refractivity contribution in [3.63, 3.8) is 0 Å². The highest BCUT2D eigenvalue weighted by molar-refractivity contribution is 7.52. The Morgan fingerprint density at radius 1 is 1.15 bits per heavy atom. The normalized spacial score (nSPS) is 27.8. The van der Waals surface area contributed by atoms with Crippen LogP contribution in [0.4, 0.5) is 16.3 Å². The first-order valence-electron chi connectivity index (χ1n) is 12.9. The zero-order valence-electron chi connectivity index (χ0n) is 21.6. The van der Waals surface area contributed by atoms with Crippen LogP contribution in [0.3, 0.4) is 0 Å². The molecule has 0 spiro atoms. The number of aliphatic hydroxyl groups is 2. The van der Waals surface area contributed by atoms with Crippen molar-refractivity contribution in [1.29, 1.82) is 0 Å². The van der Waals surface area contributed by atoms with Crippen molar-refractivity contribution >= 4 is 42.3 Å². The number of carbonyl (C=O) groups excluding carboxylic acids is 1. The Balaban J connectivity index is 1.22. The van der Waals surface area contributed by atoms with Crippen molar-refractivity contribution in [3.05, 3.63) is 43.0 Å². The van der Waals surface area contributed by atoms with Crippen LogP contribution >= 0.6 is 7.60 Å². The van der Waals surface area contributed by atoms with Gasteiger partial charge in [-0.2, -0.15) is 0 Å². The minimum absolute atomic E-state index is 0.0966. The lowest BCUT2D eigenvalue weighted by atomic mass is 9.94. The number of hydrogen-bond acceptors (Lipinski definition) is 11. The maximum atomic E-state index is 12.7. The van der Waals surface area contributed by atoms with Crippen molar-refractivity contribution in [2.24, 2.45) is 5.92 Å². The fourth-order valence-corrected chi connectivity index (χ4v) is 6.41. The number of carbonyl (C=O) groups is 2. The number of aliphatic hydroxyl groups excluding tert-OH is 2. The number of imidazole rings is 1. The first-order chi connectivity index (χ1) is 19.6. The molecule has 2 aliphatic heterocycles. The molecule has 0 aliphatic carbocycles. The number of amides is 2. The summed E-state index contributed by atoms with van der Waals surface area (Å²) in [4.78, 5) is 46.6. The molecule has 2 fully saturated rings. The van der Waals surface area contributed by atoms with E-state index in [4.69, 9.17) is 9.26 Å². The number of fused-ring (bicyclic) bond motifs is 1. The van der Waals surface area contributed by atoms with E-state index in [-0.39, 0.29) is 35.5 Å². The van der Waals surface area contributed by atoms with Crippen LogP contribution in [0.1, 0.15) is 19.1 Å². The van der Waals surface area contributed by atoms with E-state index in [1.807, 2.05) is 6.07 Å². The third-order valence-corrected chi connectivity index (χ3v) is 8.50. The second-order valence-electron chi connectivity index (χ2n) is 9.89. The van der Waals surface area contributed by atoms with Crippen LogP contribution in [-0.4, -0.2) is 95.4 Å². The number of nitrogens with one attached hydrogen (secondary N) is 3. The molecule has 2 amide bonds. The summed E-state index contributed by atoms with van der Waals surface area (Å²) in [5, 5.41) is 38.6. The maximum Gasteiger partial charge on any atom is 0.328 e. The summed E-state index contributed by atoms with van der Waals surface area (Å²) in [7, 11) is -4.16. The van der Waals surface area contributed by atoms with Crippen LogP contribution in [0.15, 0.2) is 43.0 Å². The van der Waals surface area contributed by atoms with Crippen LogP contribution in [0.2, 0.25) is 0 Å². The Labute approximate surface area is 233 Å².